The Morgan fingerprint density at radius 3 is 2.39 bits per heavy atom. The van der Waals surface area contributed by atoms with Gasteiger partial charge in [-0.3, -0.25) is 13.9 Å². The molecule has 0 unspecified atom stereocenters. The molecule has 0 saturated carbocycles. The number of hydrogen-bond donors (Lipinski definition) is 1. The van der Waals surface area contributed by atoms with Gasteiger partial charge in [-0.15, -0.1) is 0 Å². The molecule has 33 heavy (non-hydrogen) atoms. The lowest BCUT2D eigenvalue weighted by atomic mass is 10.2. The van der Waals surface area contributed by atoms with E-state index in [0.717, 1.165) is 35.0 Å². The zero-order valence-corrected chi connectivity index (χ0v) is 18.5. The Hall–Kier alpha value is -3.72. The van der Waals surface area contributed by atoms with Gasteiger partial charge in [-0.25, -0.2) is 12.8 Å². The fourth-order valence-corrected chi connectivity index (χ4v) is 5.07. The minimum absolute atomic E-state index is 0.0270. The van der Waals surface area contributed by atoms with Crippen molar-refractivity contribution in [3.8, 4) is 0 Å². The van der Waals surface area contributed by atoms with E-state index in [1.165, 1.54) is 0 Å². The Kier molecular flexibility index (Phi) is 6.41. The molecule has 0 atom stereocenters. The molecular weight excluding hydrogens is 445 g/mol. The van der Waals surface area contributed by atoms with Crippen molar-refractivity contribution in [2.24, 2.45) is 0 Å². The first kappa shape index (κ1) is 22.5. The van der Waals surface area contributed by atoms with Crippen molar-refractivity contribution < 1.29 is 22.4 Å². The second-order valence-corrected chi connectivity index (χ2v) is 9.41. The number of hydrogen-bond acceptors (Lipinski definition) is 4. The monoisotopic (exact) mass is 467 g/mol. The van der Waals surface area contributed by atoms with Crippen molar-refractivity contribution in [1.82, 2.24) is 0 Å². The molecule has 2 amide bonds. The Morgan fingerprint density at radius 1 is 1.00 bits per heavy atom. The van der Waals surface area contributed by atoms with Crippen LogP contribution in [0.15, 0.2) is 83.8 Å². The standard InChI is InChI=1S/C24H22FN3O4S/c25-18-11-13-22(14-12-18)33(31,32)28(20-7-2-1-3-8-20)17-23(29)26-19-6-4-9-21(16-19)27-15-5-10-24(27)30/h1-4,6-9,11-14,16H,5,10,15,17H2,(H,26,29). The van der Waals surface area contributed by atoms with Crippen LogP contribution in [0.25, 0.3) is 0 Å². The summed E-state index contributed by atoms with van der Waals surface area (Å²) in [6.45, 7) is 0.129. The van der Waals surface area contributed by atoms with Gasteiger partial charge in [0, 0.05) is 24.3 Å². The highest BCUT2D eigenvalue weighted by Gasteiger charge is 2.27. The van der Waals surface area contributed by atoms with E-state index in [1.54, 1.807) is 59.5 Å². The van der Waals surface area contributed by atoms with Gasteiger partial charge in [0.05, 0.1) is 10.6 Å². The first-order chi connectivity index (χ1) is 15.8. The van der Waals surface area contributed by atoms with Crippen LogP contribution in [0.1, 0.15) is 12.8 Å². The van der Waals surface area contributed by atoms with Crippen molar-refractivity contribution in [3.63, 3.8) is 0 Å². The van der Waals surface area contributed by atoms with Gasteiger partial charge in [0.1, 0.15) is 12.4 Å². The number of amides is 2. The fourth-order valence-electron chi connectivity index (χ4n) is 3.65. The van der Waals surface area contributed by atoms with Crippen LogP contribution in [-0.2, 0) is 19.6 Å². The maximum atomic E-state index is 13.3. The molecule has 1 aliphatic rings. The van der Waals surface area contributed by atoms with Gasteiger partial charge in [0.25, 0.3) is 10.0 Å². The van der Waals surface area contributed by atoms with Crippen molar-refractivity contribution in [3.05, 3.63) is 84.7 Å². The minimum atomic E-state index is -4.13. The number of benzene rings is 3. The van der Waals surface area contributed by atoms with Crippen LogP contribution in [0.4, 0.5) is 21.5 Å². The molecule has 1 saturated heterocycles. The van der Waals surface area contributed by atoms with Crippen molar-refractivity contribution in [1.29, 1.82) is 0 Å². The topological polar surface area (TPSA) is 86.8 Å². The molecule has 1 heterocycles. The van der Waals surface area contributed by atoms with Gasteiger partial charge in [0.2, 0.25) is 11.8 Å². The number of rotatable bonds is 7. The largest absolute Gasteiger partial charge is 0.324 e. The number of halogens is 1. The van der Waals surface area contributed by atoms with Crippen LogP contribution < -0.4 is 14.5 Å². The van der Waals surface area contributed by atoms with E-state index in [0.29, 0.717) is 30.0 Å². The van der Waals surface area contributed by atoms with E-state index >= 15 is 0 Å². The van der Waals surface area contributed by atoms with Crippen LogP contribution in [-0.4, -0.2) is 33.3 Å². The van der Waals surface area contributed by atoms with Crippen molar-refractivity contribution >= 4 is 38.9 Å². The Bertz CT molecular complexity index is 1260. The summed E-state index contributed by atoms with van der Waals surface area (Å²) in [7, 11) is -4.13. The predicted octanol–water partition coefficient (Wildman–Crippen LogP) is 3.79. The maximum Gasteiger partial charge on any atom is 0.264 e. The smallest absolute Gasteiger partial charge is 0.264 e. The van der Waals surface area contributed by atoms with Crippen LogP contribution in [0.2, 0.25) is 0 Å². The van der Waals surface area contributed by atoms with E-state index in [9.17, 15) is 22.4 Å². The summed E-state index contributed by atoms with van der Waals surface area (Å²) < 4.78 is 40.8. The molecule has 9 heteroatoms. The van der Waals surface area contributed by atoms with Gasteiger partial charge < -0.3 is 10.2 Å². The molecule has 4 rings (SSSR count). The third-order valence-electron chi connectivity index (χ3n) is 5.25. The number of sulfonamides is 1. The number of nitrogens with one attached hydrogen (secondary N) is 1. The molecule has 0 aromatic heterocycles. The molecule has 3 aromatic carbocycles. The zero-order chi connectivity index (χ0) is 23.4. The normalized spacial score (nSPS) is 13.7. The average Bonchev–Trinajstić information content (AvgIpc) is 3.24. The summed E-state index contributed by atoms with van der Waals surface area (Å²) in [5.74, 6) is -1.09. The molecular formula is C24H22FN3O4S. The molecule has 0 bridgehead atoms. The SMILES string of the molecule is O=C(CN(c1ccccc1)S(=O)(=O)c1ccc(F)cc1)Nc1cccc(N2CCCC2=O)c1. The van der Waals surface area contributed by atoms with Gasteiger partial charge in [-0.2, -0.15) is 0 Å². The molecule has 0 aliphatic carbocycles. The highest BCUT2D eigenvalue weighted by atomic mass is 32.2. The van der Waals surface area contributed by atoms with Crippen LogP contribution >= 0.6 is 0 Å². The second-order valence-electron chi connectivity index (χ2n) is 7.55. The molecule has 7 nitrogen and oxygen atoms in total. The first-order valence-corrected chi connectivity index (χ1v) is 11.8. The van der Waals surface area contributed by atoms with E-state index in [2.05, 4.69) is 5.32 Å². The summed E-state index contributed by atoms with van der Waals surface area (Å²) in [4.78, 5) is 26.4. The quantitative estimate of drug-likeness (QED) is 0.573. The highest BCUT2D eigenvalue weighted by Crippen LogP contribution is 2.26. The van der Waals surface area contributed by atoms with Crippen LogP contribution in [0.5, 0.6) is 0 Å². The summed E-state index contributed by atoms with van der Waals surface area (Å²) in [6.07, 6.45) is 1.27. The Morgan fingerprint density at radius 2 is 1.73 bits per heavy atom. The van der Waals surface area contributed by atoms with Crippen molar-refractivity contribution in [2.45, 2.75) is 17.7 Å². The average molecular weight is 468 g/mol. The molecule has 0 spiro atoms. The molecule has 170 valence electrons. The molecule has 1 fully saturated rings. The highest BCUT2D eigenvalue weighted by molar-refractivity contribution is 7.92. The lowest BCUT2D eigenvalue weighted by Gasteiger charge is -2.24. The number of para-hydroxylation sites is 1. The van der Waals surface area contributed by atoms with Gasteiger partial charge in [-0.1, -0.05) is 24.3 Å². The summed E-state index contributed by atoms with van der Waals surface area (Å²) >= 11 is 0. The molecule has 3 aromatic rings. The third-order valence-corrected chi connectivity index (χ3v) is 7.04. The van der Waals surface area contributed by atoms with Crippen LogP contribution in [0.3, 0.4) is 0 Å². The molecule has 1 N–H and O–H groups in total. The fraction of sp³-hybridized carbons (Fsp3) is 0.167. The van der Waals surface area contributed by atoms with E-state index in [4.69, 9.17) is 0 Å². The maximum absolute atomic E-state index is 13.3. The van der Waals surface area contributed by atoms with Gasteiger partial charge in [-0.05, 0) is 61.0 Å². The van der Waals surface area contributed by atoms with Crippen LogP contribution in [0, 0.1) is 5.82 Å². The zero-order valence-electron chi connectivity index (χ0n) is 17.6. The number of carbonyl (C=O) groups is 2. The lowest BCUT2D eigenvalue weighted by Crippen LogP contribution is -2.38. The third kappa shape index (κ3) is 5.04. The summed E-state index contributed by atoms with van der Waals surface area (Å²) in [5, 5.41) is 2.71. The van der Waals surface area contributed by atoms with Gasteiger partial charge in [0.15, 0.2) is 0 Å². The number of carbonyl (C=O) groups excluding carboxylic acids is 2. The van der Waals surface area contributed by atoms with E-state index < -0.39 is 28.3 Å². The predicted molar refractivity (Wildman–Crippen MR) is 124 cm³/mol. The minimum Gasteiger partial charge on any atom is -0.324 e. The van der Waals surface area contributed by atoms with Gasteiger partial charge >= 0.3 is 0 Å². The molecule has 1 aliphatic heterocycles. The van der Waals surface area contributed by atoms with E-state index in [-0.39, 0.29) is 10.8 Å². The summed E-state index contributed by atoms with van der Waals surface area (Å²) in [6, 6.07) is 19.5. The number of nitrogens with zero attached hydrogens (tertiary/aromatic N) is 2. The Balaban J connectivity index is 1.58. The number of anilines is 3. The molecule has 0 radical (unpaired) electrons. The second kappa shape index (κ2) is 9.41. The van der Waals surface area contributed by atoms with Crippen molar-refractivity contribution in [2.75, 3.05) is 27.6 Å². The van der Waals surface area contributed by atoms with E-state index in [1.807, 2.05) is 0 Å². The lowest BCUT2D eigenvalue weighted by molar-refractivity contribution is -0.117. The first-order valence-electron chi connectivity index (χ1n) is 10.4. The summed E-state index contributed by atoms with van der Waals surface area (Å²) in [5.41, 5.74) is 1.42. The Labute approximate surface area is 191 Å².